The van der Waals surface area contributed by atoms with Gasteiger partial charge in [-0.3, -0.25) is 9.69 Å². The molecule has 0 spiro atoms. The second-order valence-corrected chi connectivity index (χ2v) is 6.32. The van der Waals surface area contributed by atoms with E-state index in [1.54, 1.807) is 6.07 Å². The van der Waals surface area contributed by atoms with Gasteiger partial charge in [0.25, 0.3) is 0 Å². The van der Waals surface area contributed by atoms with Gasteiger partial charge in [-0.05, 0) is 49.8 Å². The van der Waals surface area contributed by atoms with Crippen molar-refractivity contribution in [1.82, 2.24) is 15.2 Å². The predicted octanol–water partition coefficient (Wildman–Crippen LogP) is 3.27. The highest BCUT2D eigenvalue weighted by atomic mass is 19.1. The van der Waals surface area contributed by atoms with E-state index in [9.17, 15) is 9.18 Å². The predicted molar refractivity (Wildman–Crippen MR) is 97.8 cm³/mol. The molecule has 2 aromatic carbocycles. The van der Waals surface area contributed by atoms with E-state index in [-0.39, 0.29) is 17.8 Å². The number of fused-ring (bicyclic) bond motifs is 1. The van der Waals surface area contributed by atoms with Gasteiger partial charge in [0.05, 0.1) is 0 Å². The van der Waals surface area contributed by atoms with E-state index in [4.69, 9.17) is 0 Å². The molecule has 3 rings (SSSR count). The maximum absolute atomic E-state index is 13.2. The van der Waals surface area contributed by atoms with Crippen LogP contribution < -0.4 is 5.32 Å². The molecule has 130 valence electrons. The van der Waals surface area contributed by atoms with Crippen LogP contribution in [0.3, 0.4) is 0 Å². The quantitative estimate of drug-likeness (QED) is 0.724. The Morgan fingerprint density at radius 1 is 1.20 bits per heavy atom. The minimum Gasteiger partial charge on any atom is -0.361 e. The van der Waals surface area contributed by atoms with Crippen molar-refractivity contribution in [2.75, 3.05) is 20.6 Å². The summed E-state index contributed by atoms with van der Waals surface area (Å²) in [5.74, 6) is -0.284. The fourth-order valence-corrected chi connectivity index (χ4v) is 3.10. The highest BCUT2D eigenvalue weighted by molar-refractivity contribution is 5.84. The minimum absolute atomic E-state index is 0.0258. The number of nitrogens with one attached hydrogen (secondary N) is 2. The molecule has 1 amide bonds. The molecule has 1 aromatic heterocycles. The molecule has 5 heteroatoms. The molecule has 0 aliphatic heterocycles. The Balaban J connectivity index is 1.65. The van der Waals surface area contributed by atoms with E-state index in [0.717, 1.165) is 22.0 Å². The van der Waals surface area contributed by atoms with E-state index in [2.05, 4.69) is 10.3 Å². The molecule has 0 saturated carbocycles. The first-order valence-electron chi connectivity index (χ1n) is 8.31. The van der Waals surface area contributed by atoms with Crippen LogP contribution in [0.1, 0.15) is 17.2 Å². The molecule has 1 atom stereocenters. The van der Waals surface area contributed by atoms with Crippen molar-refractivity contribution in [1.29, 1.82) is 0 Å². The summed E-state index contributed by atoms with van der Waals surface area (Å²) in [7, 11) is 3.79. The summed E-state index contributed by atoms with van der Waals surface area (Å²) in [6.45, 7) is 0.528. The Kier molecular flexibility index (Phi) is 5.14. The molecule has 3 aromatic rings. The number of aromatic amines is 1. The fourth-order valence-electron chi connectivity index (χ4n) is 3.10. The monoisotopic (exact) mass is 339 g/mol. The van der Waals surface area contributed by atoms with Gasteiger partial charge in [-0.1, -0.05) is 30.3 Å². The van der Waals surface area contributed by atoms with Gasteiger partial charge in [0, 0.05) is 23.6 Å². The molecule has 0 aliphatic rings. The van der Waals surface area contributed by atoms with Gasteiger partial charge in [-0.2, -0.15) is 0 Å². The standard InChI is InChI=1S/C20H22FN3O/c1-24(2)19(14-6-4-3-5-7-14)20(25)22-11-10-15-13-23-18-12-16(21)8-9-17(15)18/h3-9,12-13,19,23H,10-11H2,1-2H3,(H,22,25). The smallest absolute Gasteiger partial charge is 0.241 e. The van der Waals surface area contributed by atoms with Gasteiger partial charge >= 0.3 is 0 Å². The highest BCUT2D eigenvalue weighted by Crippen LogP contribution is 2.20. The van der Waals surface area contributed by atoms with E-state index in [0.29, 0.717) is 13.0 Å². The van der Waals surface area contributed by atoms with Crippen LogP contribution in [0.15, 0.2) is 54.7 Å². The zero-order valence-corrected chi connectivity index (χ0v) is 14.4. The number of H-pyrrole nitrogens is 1. The Labute approximate surface area is 146 Å². The van der Waals surface area contributed by atoms with Gasteiger partial charge in [0.15, 0.2) is 0 Å². The van der Waals surface area contributed by atoms with Crippen LogP contribution in [0.25, 0.3) is 10.9 Å². The number of nitrogens with zero attached hydrogens (tertiary/aromatic N) is 1. The van der Waals surface area contributed by atoms with E-state index in [1.165, 1.54) is 12.1 Å². The molecule has 0 bridgehead atoms. The van der Waals surface area contributed by atoms with Crippen molar-refractivity contribution in [2.24, 2.45) is 0 Å². The second kappa shape index (κ2) is 7.49. The number of hydrogen-bond acceptors (Lipinski definition) is 2. The SMILES string of the molecule is CN(C)C(C(=O)NCCc1c[nH]c2cc(F)ccc12)c1ccccc1. The maximum Gasteiger partial charge on any atom is 0.241 e. The van der Waals surface area contributed by atoms with Gasteiger partial charge in [-0.15, -0.1) is 0 Å². The average Bonchev–Trinajstić information content (AvgIpc) is 2.98. The lowest BCUT2D eigenvalue weighted by Gasteiger charge is -2.23. The van der Waals surface area contributed by atoms with Crippen molar-refractivity contribution < 1.29 is 9.18 Å². The molecule has 0 radical (unpaired) electrons. The van der Waals surface area contributed by atoms with Crippen LogP contribution in [-0.4, -0.2) is 36.4 Å². The first-order chi connectivity index (χ1) is 12.1. The summed E-state index contributed by atoms with van der Waals surface area (Å²) in [5.41, 5.74) is 2.81. The summed E-state index contributed by atoms with van der Waals surface area (Å²) < 4.78 is 13.2. The van der Waals surface area contributed by atoms with Crippen molar-refractivity contribution in [3.05, 3.63) is 71.7 Å². The first-order valence-corrected chi connectivity index (χ1v) is 8.31. The molecule has 1 unspecified atom stereocenters. The summed E-state index contributed by atoms with van der Waals surface area (Å²) in [6, 6.07) is 14.1. The van der Waals surface area contributed by atoms with Crippen molar-refractivity contribution >= 4 is 16.8 Å². The summed E-state index contributed by atoms with van der Waals surface area (Å²) in [5, 5.41) is 4.00. The number of benzene rings is 2. The molecular weight excluding hydrogens is 317 g/mol. The molecule has 25 heavy (non-hydrogen) atoms. The van der Waals surface area contributed by atoms with Crippen LogP contribution in [-0.2, 0) is 11.2 Å². The third-order valence-electron chi connectivity index (χ3n) is 4.30. The van der Waals surface area contributed by atoms with E-state index in [1.807, 2.05) is 55.5 Å². The Morgan fingerprint density at radius 3 is 2.68 bits per heavy atom. The number of likely N-dealkylation sites (N-methyl/N-ethyl adjacent to an activating group) is 1. The molecule has 1 heterocycles. The van der Waals surface area contributed by atoms with Crippen LogP contribution in [0.4, 0.5) is 4.39 Å². The fraction of sp³-hybridized carbons (Fsp3) is 0.250. The molecule has 0 aliphatic carbocycles. The number of amides is 1. The van der Waals surface area contributed by atoms with Crippen LogP contribution in [0.2, 0.25) is 0 Å². The zero-order valence-electron chi connectivity index (χ0n) is 14.4. The number of carbonyl (C=O) groups excluding carboxylic acids is 1. The number of halogens is 1. The number of carbonyl (C=O) groups is 1. The average molecular weight is 339 g/mol. The zero-order chi connectivity index (χ0) is 17.8. The van der Waals surface area contributed by atoms with Gasteiger partial charge in [0.2, 0.25) is 5.91 Å². The summed E-state index contributed by atoms with van der Waals surface area (Å²) >= 11 is 0. The van der Waals surface area contributed by atoms with Crippen LogP contribution in [0, 0.1) is 5.82 Å². The second-order valence-electron chi connectivity index (χ2n) is 6.32. The third kappa shape index (κ3) is 3.88. The number of rotatable bonds is 6. The first kappa shape index (κ1) is 17.2. The molecule has 4 nitrogen and oxygen atoms in total. The summed E-state index contributed by atoms with van der Waals surface area (Å²) in [6.07, 6.45) is 2.56. The Bertz CT molecular complexity index is 858. The normalized spacial score (nSPS) is 12.5. The van der Waals surface area contributed by atoms with E-state index < -0.39 is 0 Å². The topological polar surface area (TPSA) is 48.1 Å². The Hall–Kier alpha value is -2.66. The Morgan fingerprint density at radius 2 is 1.96 bits per heavy atom. The van der Waals surface area contributed by atoms with Gasteiger partial charge < -0.3 is 10.3 Å². The van der Waals surface area contributed by atoms with Gasteiger partial charge in [-0.25, -0.2) is 4.39 Å². The van der Waals surface area contributed by atoms with Gasteiger partial charge in [0.1, 0.15) is 11.9 Å². The lowest BCUT2D eigenvalue weighted by atomic mass is 10.1. The molecule has 0 fully saturated rings. The lowest BCUT2D eigenvalue weighted by Crippen LogP contribution is -2.37. The summed E-state index contributed by atoms with van der Waals surface area (Å²) in [4.78, 5) is 17.6. The lowest BCUT2D eigenvalue weighted by molar-refractivity contribution is -0.125. The van der Waals surface area contributed by atoms with Crippen molar-refractivity contribution in [2.45, 2.75) is 12.5 Å². The largest absolute Gasteiger partial charge is 0.361 e. The molecular formula is C20H22FN3O. The minimum atomic E-state index is -0.321. The maximum atomic E-state index is 13.2. The third-order valence-corrected chi connectivity index (χ3v) is 4.30. The van der Waals surface area contributed by atoms with Crippen molar-refractivity contribution in [3.8, 4) is 0 Å². The van der Waals surface area contributed by atoms with E-state index >= 15 is 0 Å². The number of aromatic nitrogens is 1. The molecule has 2 N–H and O–H groups in total. The van der Waals surface area contributed by atoms with Crippen LogP contribution in [0.5, 0.6) is 0 Å². The van der Waals surface area contributed by atoms with Crippen molar-refractivity contribution in [3.63, 3.8) is 0 Å². The molecule has 0 saturated heterocycles. The number of hydrogen-bond donors (Lipinski definition) is 2. The van der Waals surface area contributed by atoms with Crippen LogP contribution >= 0.6 is 0 Å². The highest BCUT2D eigenvalue weighted by Gasteiger charge is 2.22.